The zero-order valence-electron chi connectivity index (χ0n) is 15.3. The van der Waals surface area contributed by atoms with Crippen LogP contribution in [0.4, 0.5) is 0 Å². The Morgan fingerprint density at radius 2 is 1.70 bits per heavy atom. The quantitative estimate of drug-likeness (QED) is 0.692. The number of amides is 1. The molecule has 138 valence electrons. The van der Waals surface area contributed by atoms with E-state index in [1.165, 1.54) is 17.3 Å². The lowest BCUT2D eigenvalue weighted by Crippen LogP contribution is -3.13. The predicted molar refractivity (Wildman–Crippen MR) is 110 cm³/mol. The number of nitrogens with zero attached hydrogens (tertiary/aromatic N) is 2. The van der Waals surface area contributed by atoms with E-state index < -0.39 is 0 Å². The van der Waals surface area contributed by atoms with Gasteiger partial charge in [-0.2, -0.15) is 0 Å². The molecule has 4 rings (SSSR count). The SMILES string of the molecule is O=C(CSc1ccc2ccccc2n1)N1CC[NH+](Cc2ccccc2)CC1. The maximum Gasteiger partial charge on any atom is 0.233 e. The number of hydrogen-bond acceptors (Lipinski definition) is 3. The molecule has 5 heteroatoms. The van der Waals surface area contributed by atoms with E-state index in [9.17, 15) is 4.79 Å². The van der Waals surface area contributed by atoms with Gasteiger partial charge in [0.25, 0.3) is 0 Å². The molecular formula is C22H24N3OS+. The number of hydrogen-bond donors (Lipinski definition) is 1. The van der Waals surface area contributed by atoms with E-state index in [1.54, 1.807) is 4.90 Å². The van der Waals surface area contributed by atoms with Crippen LogP contribution in [0.2, 0.25) is 0 Å². The number of aromatic nitrogens is 1. The van der Waals surface area contributed by atoms with Crippen molar-refractivity contribution in [2.45, 2.75) is 11.6 Å². The smallest absolute Gasteiger partial charge is 0.233 e. The van der Waals surface area contributed by atoms with E-state index in [-0.39, 0.29) is 5.91 Å². The van der Waals surface area contributed by atoms with Gasteiger partial charge < -0.3 is 9.80 Å². The number of fused-ring (bicyclic) bond motifs is 1. The molecule has 4 nitrogen and oxygen atoms in total. The topological polar surface area (TPSA) is 37.6 Å². The lowest BCUT2D eigenvalue weighted by Gasteiger charge is -2.32. The lowest BCUT2D eigenvalue weighted by molar-refractivity contribution is -0.917. The highest BCUT2D eigenvalue weighted by molar-refractivity contribution is 7.99. The van der Waals surface area contributed by atoms with Crippen molar-refractivity contribution >= 4 is 28.6 Å². The van der Waals surface area contributed by atoms with Gasteiger partial charge in [0, 0.05) is 10.9 Å². The number of carbonyl (C=O) groups excluding carboxylic acids is 1. The molecule has 1 aromatic heterocycles. The number of quaternary nitrogens is 1. The van der Waals surface area contributed by atoms with Crippen LogP contribution in [0.15, 0.2) is 71.8 Å². The molecule has 1 aliphatic rings. The fourth-order valence-electron chi connectivity index (χ4n) is 3.49. The van der Waals surface area contributed by atoms with Crippen molar-refractivity contribution in [3.63, 3.8) is 0 Å². The molecule has 0 atom stereocenters. The van der Waals surface area contributed by atoms with E-state index >= 15 is 0 Å². The number of nitrogens with one attached hydrogen (secondary N) is 1. The van der Waals surface area contributed by atoms with Gasteiger partial charge >= 0.3 is 0 Å². The van der Waals surface area contributed by atoms with Crippen molar-refractivity contribution in [2.24, 2.45) is 0 Å². The third-order valence-corrected chi connectivity index (χ3v) is 5.95. The van der Waals surface area contributed by atoms with Crippen molar-refractivity contribution < 1.29 is 9.69 Å². The Kier molecular flexibility index (Phi) is 5.70. The molecule has 3 aromatic rings. The normalized spacial score (nSPS) is 15.2. The molecule has 0 aliphatic carbocycles. The molecule has 1 fully saturated rings. The van der Waals surface area contributed by atoms with Crippen LogP contribution in [-0.4, -0.2) is 47.7 Å². The molecule has 2 heterocycles. The van der Waals surface area contributed by atoms with Gasteiger partial charge in [0.05, 0.1) is 42.5 Å². The largest absolute Gasteiger partial charge is 0.331 e. The van der Waals surface area contributed by atoms with Crippen LogP contribution in [0.1, 0.15) is 5.56 Å². The van der Waals surface area contributed by atoms with Crippen LogP contribution in [-0.2, 0) is 11.3 Å². The maximum absolute atomic E-state index is 12.6. The summed E-state index contributed by atoms with van der Waals surface area (Å²) in [5.41, 5.74) is 2.35. The highest BCUT2D eigenvalue weighted by Crippen LogP contribution is 2.20. The average Bonchev–Trinajstić information content (AvgIpc) is 2.73. The highest BCUT2D eigenvalue weighted by Gasteiger charge is 2.23. The van der Waals surface area contributed by atoms with E-state index in [0.29, 0.717) is 5.75 Å². The molecule has 0 saturated carbocycles. The van der Waals surface area contributed by atoms with Gasteiger partial charge in [-0.25, -0.2) is 4.98 Å². The molecule has 1 amide bonds. The monoisotopic (exact) mass is 378 g/mol. The number of rotatable bonds is 5. The summed E-state index contributed by atoms with van der Waals surface area (Å²) in [6, 6.07) is 22.7. The summed E-state index contributed by atoms with van der Waals surface area (Å²) in [5, 5.41) is 2.04. The first-order valence-electron chi connectivity index (χ1n) is 9.42. The van der Waals surface area contributed by atoms with Crippen LogP contribution in [0, 0.1) is 0 Å². The summed E-state index contributed by atoms with van der Waals surface area (Å²) in [4.78, 5) is 20.8. The molecule has 1 saturated heterocycles. The first kappa shape index (κ1) is 18.0. The Morgan fingerprint density at radius 3 is 2.52 bits per heavy atom. The fraction of sp³-hybridized carbons (Fsp3) is 0.273. The predicted octanol–water partition coefficient (Wildman–Crippen LogP) is 2.25. The highest BCUT2D eigenvalue weighted by atomic mass is 32.2. The Hall–Kier alpha value is -2.37. The molecule has 1 N–H and O–H groups in total. The van der Waals surface area contributed by atoms with Crippen molar-refractivity contribution in [1.82, 2.24) is 9.88 Å². The second kappa shape index (κ2) is 8.55. The first-order chi connectivity index (χ1) is 13.3. The van der Waals surface area contributed by atoms with E-state index in [4.69, 9.17) is 0 Å². The second-order valence-electron chi connectivity index (χ2n) is 6.92. The molecule has 0 unspecified atom stereocenters. The van der Waals surface area contributed by atoms with Gasteiger partial charge in [0.2, 0.25) is 5.91 Å². The maximum atomic E-state index is 12.6. The molecule has 0 radical (unpaired) electrons. The van der Waals surface area contributed by atoms with E-state index in [1.807, 2.05) is 29.2 Å². The fourth-order valence-corrected chi connectivity index (χ4v) is 4.27. The Balaban J connectivity index is 1.26. The third-order valence-electron chi connectivity index (χ3n) is 5.04. The van der Waals surface area contributed by atoms with Crippen LogP contribution < -0.4 is 4.90 Å². The number of piperazine rings is 1. The van der Waals surface area contributed by atoms with Crippen molar-refractivity contribution in [1.29, 1.82) is 0 Å². The summed E-state index contributed by atoms with van der Waals surface area (Å²) in [6.45, 7) is 4.75. The van der Waals surface area contributed by atoms with Crippen molar-refractivity contribution in [3.05, 3.63) is 72.3 Å². The van der Waals surface area contributed by atoms with Gasteiger partial charge in [-0.15, -0.1) is 0 Å². The molecule has 1 aliphatic heterocycles. The lowest BCUT2D eigenvalue weighted by atomic mass is 10.2. The summed E-state index contributed by atoms with van der Waals surface area (Å²) in [5.74, 6) is 0.674. The van der Waals surface area contributed by atoms with Gasteiger partial charge in [-0.3, -0.25) is 4.79 Å². The Morgan fingerprint density at radius 1 is 0.963 bits per heavy atom. The average molecular weight is 379 g/mol. The van der Waals surface area contributed by atoms with Gasteiger partial charge in [0.1, 0.15) is 6.54 Å². The minimum Gasteiger partial charge on any atom is -0.331 e. The number of benzene rings is 2. The summed E-state index contributed by atoms with van der Waals surface area (Å²) >= 11 is 1.53. The number of carbonyl (C=O) groups is 1. The second-order valence-corrected chi connectivity index (χ2v) is 7.92. The molecule has 0 spiro atoms. The summed E-state index contributed by atoms with van der Waals surface area (Å²) in [6.07, 6.45) is 0. The van der Waals surface area contributed by atoms with Crippen molar-refractivity contribution in [3.8, 4) is 0 Å². The summed E-state index contributed by atoms with van der Waals surface area (Å²) < 4.78 is 0. The number of thioether (sulfide) groups is 1. The Bertz CT molecular complexity index is 908. The van der Waals surface area contributed by atoms with Crippen molar-refractivity contribution in [2.75, 3.05) is 31.9 Å². The molecular weight excluding hydrogens is 354 g/mol. The van der Waals surface area contributed by atoms with Gasteiger partial charge in [-0.05, 0) is 12.1 Å². The minimum absolute atomic E-state index is 0.216. The summed E-state index contributed by atoms with van der Waals surface area (Å²) in [7, 11) is 0. The molecule has 0 bridgehead atoms. The van der Waals surface area contributed by atoms with Crippen LogP contribution in [0.3, 0.4) is 0 Å². The molecule has 27 heavy (non-hydrogen) atoms. The van der Waals surface area contributed by atoms with Gasteiger partial charge in [0.15, 0.2) is 0 Å². The van der Waals surface area contributed by atoms with E-state index in [0.717, 1.165) is 48.7 Å². The van der Waals surface area contributed by atoms with Gasteiger partial charge in [-0.1, -0.05) is 66.4 Å². The zero-order valence-corrected chi connectivity index (χ0v) is 16.1. The standard InChI is InChI=1S/C22H23N3OS/c26-22(17-27-21-11-10-19-8-4-5-9-20(19)23-21)25-14-12-24(13-15-25)16-18-6-2-1-3-7-18/h1-11H,12-17H2/p+1. The molecule has 2 aromatic carbocycles. The van der Waals surface area contributed by atoms with Crippen LogP contribution in [0.5, 0.6) is 0 Å². The third kappa shape index (κ3) is 4.67. The first-order valence-corrected chi connectivity index (χ1v) is 10.4. The number of pyridine rings is 1. The van der Waals surface area contributed by atoms with Crippen LogP contribution in [0.25, 0.3) is 10.9 Å². The Labute approximate surface area is 164 Å². The van der Waals surface area contributed by atoms with E-state index in [2.05, 4.69) is 47.4 Å². The zero-order chi connectivity index (χ0) is 18.5. The minimum atomic E-state index is 0.216. The van der Waals surface area contributed by atoms with Crippen LogP contribution >= 0.6 is 11.8 Å². The number of para-hydroxylation sites is 1.